The van der Waals surface area contributed by atoms with Crippen LogP contribution in [0.15, 0.2) is 85.1 Å². The molecule has 0 aliphatic carbocycles. The van der Waals surface area contributed by atoms with Crippen LogP contribution in [-0.2, 0) is 13.1 Å². The number of aromatic amines is 1. The highest BCUT2D eigenvalue weighted by molar-refractivity contribution is 5.86. The van der Waals surface area contributed by atoms with Gasteiger partial charge in [0, 0.05) is 29.4 Å². The molecule has 5 rings (SSSR count). The van der Waals surface area contributed by atoms with Crippen molar-refractivity contribution in [2.24, 2.45) is 0 Å². The fraction of sp³-hybridized carbons (Fsp3) is 0.115. The molecule has 3 heterocycles. The van der Waals surface area contributed by atoms with Crippen molar-refractivity contribution in [2.75, 3.05) is 0 Å². The van der Waals surface area contributed by atoms with E-state index in [0.717, 1.165) is 51.6 Å². The molecule has 0 amide bonds. The topological polar surface area (TPSA) is 66.5 Å². The van der Waals surface area contributed by atoms with Crippen LogP contribution in [0.1, 0.15) is 17.1 Å². The zero-order valence-corrected chi connectivity index (χ0v) is 17.3. The van der Waals surface area contributed by atoms with Crippen molar-refractivity contribution in [1.82, 2.24) is 25.3 Å². The van der Waals surface area contributed by atoms with E-state index in [1.54, 1.807) is 0 Å². The number of H-pyrrole nitrogens is 1. The lowest BCUT2D eigenvalue weighted by molar-refractivity contribution is 0.669. The van der Waals surface area contributed by atoms with Crippen molar-refractivity contribution in [2.45, 2.75) is 20.0 Å². The van der Waals surface area contributed by atoms with Crippen LogP contribution in [0, 0.1) is 6.92 Å². The molecule has 152 valence electrons. The fourth-order valence-corrected chi connectivity index (χ4v) is 3.73. The molecule has 0 spiro atoms. The van der Waals surface area contributed by atoms with Gasteiger partial charge in [-0.05, 0) is 42.8 Å². The van der Waals surface area contributed by atoms with E-state index in [-0.39, 0.29) is 0 Å². The summed E-state index contributed by atoms with van der Waals surface area (Å²) in [6.07, 6.45) is 1.82. The predicted molar refractivity (Wildman–Crippen MR) is 124 cm³/mol. The summed E-state index contributed by atoms with van der Waals surface area (Å²) in [6.45, 7) is 3.43. The number of benzene rings is 2. The van der Waals surface area contributed by atoms with Crippen molar-refractivity contribution in [3.63, 3.8) is 0 Å². The summed E-state index contributed by atoms with van der Waals surface area (Å²) >= 11 is 0. The minimum absolute atomic E-state index is 0.642. The number of rotatable bonds is 6. The van der Waals surface area contributed by atoms with Gasteiger partial charge in [0.2, 0.25) is 0 Å². The Labute approximate surface area is 181 Å². The Hall–Kier alpha value is -3.83. The first-order chi connectivity index (χ1) is 15.3. The number of imidazole rings is 1. The molecule has 3 aromatic heterocycles. The van der Waals surface area contributed by atoms with Crippen molar-refractivity contribution in [3.05, 3.63) is 102 Å². The predicted octanol–water partition coefficient (Wildman–Crippen LogP) is 5.29. The zero-order valence-electron chi connectivity index (χ0n) is 17.3. The third kappa shape index (κ3) is 4.22. The van der Waals surface area contributed by atoms with E-state index in [2.05, 4.69) is 57.7 Å². The molecule has 5 nitrogen and oxygen atoms in total. The molecule has 5 heteroatoms. The minimum Gasteiger partial charge on any atom is -0.340 e. The summed E-state index contributed by atoms with van der Waals surface area (Å²) in [6, 6.07) is 26.7. The van der Waals surface area contributed by atoms with Crippen LogP contribution < -0.4 is 5.32 Å². The highest BCUT2D eigenvalue weighted by Gasteiger charge is 2.16. The van der Waals surface area contributed by atoms with Gasteiger partial charge < -0.3 is 10.3 Å². The van der Waals surface area contributed by atoms with E-state index in [1.807, 2.05) is 49.5 Å². The molecule has 0 atom stereocenters. The second kappa shape index (κ2) is 8.50. The summed E-state index contributed by atoms with van der Waals surface area (Å²) < 4.78 is 0. The zero-order chi connectivity index (χ0) is 21.0. The Morgan fingerprint density at radius 3 is 2.61 bits per heavy atom. The molecule has 0 fully saturated rings. The van der Waals surface area contributed by atoms with Gasteiger partial charge in [-0.25, -0.2) is 4.98 Å². The third-order valence-electron chi connectivity index (χ3n) is 5.24. The lowest BCUT2D eigenvalue weighted by Gasteiger charge is -2.05. The van der Waals surface area contributed by atoms with Crippen molar-refractivity contribution in [3.8, 4) is 22.6 Å². The monoisotopic (exact) mass is 405 g/mol. The first-order valence-corrected chi connectivity index (χ1v) is 10.4. The van der Waals surface area contributed by atoms with Gasteiger partial charge in [-0.2, -0.15) is 0 Å². The van der Waals surface area contributed by atoms with E-state index in [1.165, 1.54) is 5.56 Å². The number of aromatic nitrogens is 4. The molecule has 2 aromatic carbocycles. The largest absolute Gasteiger partial charge is 0.340 e. The van der Waals surface area contributed by atoms with Crippen molar-refractivity contribution in [1.29, 1.82) is 0 Å². The molecular weight excluding hydrogens is 382 g/mol. The van der Waals surface area contributed by atoms with Crippen LogP contribution in [-0.4, -0.2) is 19.9 Å². The van der Waals surface area contributed by atoms with Gasteiger partial charge in [-0.3, -0.25) is 9.97 Å². The van der Waals surface area contributed by atoms with Crippen LogP contribution >= 0.6 is 0 Å². The SMILES string of the molecule is Cc1cccc(-c2nc(CNCc3ccccc3)[nH]c2-c2ccc3ncccc3c2)n1. The summed E-state index contributed by atoms with van der Waals surface area (Å²) in [7, 11) is 0. The lowest BCUT2D eigenvalue weighted by Crippen LogP contribution is -2.13. The van der Waals surface area contributed by atoms with E-state index >= 15 is 0 Å². The van der Waals surface area contributed by atoms with Crippen LogP contribution in [0.2, 0.25) is 0 Å². The van der Waals surface area contributed by atoms with Gasteiger partial charge >= 0.3 is 0 Å². The van der Waals surface area contributed by atoms with Crippen LogP contribution in [0.25, 0.3) is 33.5 Å². The number of nitrogens with zero attached hydrogens (tertiary/aromatic N) is 3. The number of hydrogen-bond donors (Lipinski definition) is 2. The normalized spacial score (nSPS) is 11.1. The van der Waals surface area contributed by atoms with Gasteiger partial charge in [0.25, 0.3) is 0 Å². The van der Waals surface area contributed by atoms with E-state index < -0.39 is 0 Å². The number of fused-ring (bicyclic) bond motifs is 1. The van der Waals surface area contributed by atoms with E-state index in [0.29, 0.717) is 6.54 Å². The minimum atomic E-state index is 0.642. The standard InChI is InChI=1S/C26H23N5/c1-18-7-5-11-23(29-18)26-25(21-12-13-22-20(15-21)10-6-14-28-22)30-24(31-26)17-27-16-19-8-3-2-4-9-19/h2-15,27H,16-17H2,1H3,(H,30,31). The summed E-state index contributed by atoms with van der Waals surface area (Å²) in [5, 5.41) is 4.58. The molecule has 0 aliphatic rings. The van der Waals surface area contributed by atoms with Crippen molar-refractivity contribution < 1.29 is 0 Å². The first kappa shape index (κ1) is 19.2. The quantitative estimate of drug-likeness (QED) is 0.403. The Kier molecular flexibility index (Phi) is 5.25. The number of aryl methyl sites for hydroxylation is 1. The average Bonchev–Trinajstić information content (AvgIpc) is 3.24. The maximum atomic E-state index is 4.91. The molecule has 0 radical (unpaired) electrons. The van der Waals surface area contributed by atoms with Gasteiger partial charge in [-0.1, -0.05) is 48.5 Å². The molecule has 0 saturated carbocycles. The number of hydrogen-bond acceptors (Lipinski definition) is 4. The molecule has 0 bridgehead atoms. The molecule has 5 aromatic rings. The molecular formula is C26H23N5. The van der Waals surface area contributed by atoms with Gasteiger partial charge in [0.05, 0.1) is 23.4 Å². The summed E-state index contributed by atoms with van der Waals surface area (Å²) in [5.74, 6) is 0.885. The van der Waals surface area contributed by atoms with Gasteiger partial charge in [0.15, 0.2) is 0 Å². The Bertz CT molecular complexity index is 1320. The molecule has 2 N–H and O–H groups in total. The van der Waals surface area contributed by atoms with Crippen LogP contribution in [0.4, 0.5) is 0 Å². The molecule has 31 heavy (non-hydrogen) atoms. The lowest BCUT2D eigenvalue weighted by atomic mass is 10.1. The average molecular weight is 406 g/mol. The first-order valence-electron chi connectivity index (χ1n) is 10.4. The highest BCUT2D eigenvalue weighted by Crippen LogP contribution is 2.31. The van der Waals surface area contributed by atoms with Crippen LogP contribution in [0.3, 0.4) is 0 Å². The smallest absolute Gasteiger partial charge is 0.121 e. The Morgan fingerprint density at radius 2 is 1.74 bits per heavy atom. The molecule has 0 saturated heterocycles. The number of nitrogens with one attached hydrogen (secondary N) is 2. The van der Waals surface area contributed by atoms with E-state index in [9.17, 15) is 0 Å². The Morgan fingerprint density at radius 1 is 0.839 bits per heavy atom. The maximum absolute atomic E-state index is 4.91. The van der Waals surface area contributed by atoms with Gasteiger partial charge in [0.1, 0.15) is 11.5 Å². The second-order valence-corrected chi connectivity index (χ2v) is 7.57. The summed E-state index contributed by atoms with van der Waals surface area (Å²) in [5.41, 5.74) is 6.97. The van der Waals surface area contributed by atoms with Gasteiger partial charge in [-0.15, -0.1) is 0 Å². The number of pyridine rings is 2. The maximum Gasteiger partial charge on any atom is 0.121 e. The van der Waals surface area contributed by atoms with Crippen molar-refractivity contribution >= 4 is 10.9 Å². The third-order valence-corrected chi connectivity index (χ3v) is 5.24. The highest BCUT2D eigenvalue weighted by atomic mass is 15.0. The summed E-state index contributed by atoms with van der Waals surface area (Å²) in [4.78, 5) is 17.6. The Balaban J connectivity index is 1.50. The van der Waals surface area contributed by atoms with Crippen LogP contribution in [0.5, 0.6) is 0 Å². The fourth-order valence-electron chi connectivity index (χ4n) is 3.73. The second-order valence-electron chi connectivity index (χ2n) is 7.57. The van der Waals surface area contributed by atoms with E-state index in [4.69, 9.17) is 9.97 Å². The molecule has 0 aliphatic heterocycles. The molecule has 0 unspecified atom stereocenters.